The molecule has 156 valence electrons. The van der Waals surface area contributed by atoms with Crippen LogP contribution in [0.2, 0.25) is 0 Å². The van der Waals surface area contributed by atoms with E-state index in [0.29, 0.717) is 18.8 Å². The molecule has 2 amide bonds. The maximum absolute atomic E-state index is 13.0. The Morgan fingerprint density at radius 2 is 1.79 bits per heavy atom. The molecule has 6 nitrogen and oxygen atoms in total. The summed E-state index contributed by atoms with van der Waals surface area (Å²) < 4.78 is 5.49. The van der Waals surface area contributed by atoms with Crippen LogP contribution in [-0.4, -0.2) is 60.4 Å². The van der Waals surface area contributed by atoms with Crippen molar-refractivity contribution in [1.29, 1.82) is 0 Å². The zero-order chi connectivity index (χ0) is 20.6. The first kappa shape index (κ1) is 21.3. The van der Waals surface area contributed by atoms with Crippen LogP contribution in [0.1, 0.15) is 18.7 Å². The maximum Gasteiger partial charge on any atom is 0.258 e. The van der Waals surface area contributed by atoms with Gasteiger partial charge < -0.3 is 15.0 Å². The molecule has 1 aromatic heterocycles. The van der Waals surface area contributed by atoms with Gasteiger partial charge in [-0.1, -0.05) is 38.1 Å². The van der Waals surface area contributed by atoms with Gasteiger partial charge >= 0.3 is 0 Å². The number of ether oxygens (including phenoxy) is 1. The van der Waals surface area contributed by atoms with Crippen LogP contribution in [0, 0.1) is 5.92 Å². The highest BCUT2D eigenvalue weighted by molar-refractivity contribution is 7.09. The van der Waals surface area contributed by atoms with Gasteiger partial charge in [0.2, 0.25) is 5.91 Å². The molecule has 1 aliphatic heterocycles. The summed E-state index contributed by atoms with van der Waals surface area (Å²) >= 11 is 1.76. The lowest BCUT2D eigenvalue weighted by molar-refractivity contribution is -0.139. The first-order valence-corrected chi connectivity index (χ1v) is 10.9. The topological polar surface area (TPSA) is 61.9 Å². The molecule has 2 heterocycles. The molecular formula is C22H29N3O3S. The van der Waals surface area contributed by atoms with Gasteiger partial charge in [-0.15, -0.1) is 11.3 Å². The average Bonchev–Trinajstić information content (AvgIpc) is 3.24. The molecule has 0 radical (unpaired) electrons. The molecule has 1 unspecified atom stereocenters. The Morgan fingerprint density at radius 1 is 1.07 bits per heavy atom. The SMILES string of the molecule is CC(C)C(NC(=O)COc1ccccc1)C(=O)N1CCN(Cc2cccs2)CC1. The molecular weight excluding hydrogens is 386 g/mol. The van der Waals surface area contributed by atoms with E-state index in [1.54, 1.807) is 23.5 Å². The predicted molar refractivity (Wildman–Crippen MR) is 115 cm³/mol. The van der Waals surface area contributed by atoms with Gasteiger partial charge in [-0.05, 0) is 29.5 Å². The van der Waals surface area contributed by atoms with Gasteiger partial charge in [-0.2, -0.15) is 0 Å². The number of hydrogen-bond acceptors (Lipinski definition) is 5. The fourth-order valence-electron chi connectivity index (χ4n) is 3.34. The highest BCUT2D eigenvalue weighted by Gasteiger charge is 2.30. The van der Waals surface area contributed by atoms with E-state index in [9.17, 15) is 9.59 Å². The Kier molecular flexibility index (Phi) is 7.66. The largest absolute Gasteiger partial charge is 0.484 e. The van der Waals surface area contributed by atoms with Crippen molar-refractivity contribution >= 4 is 23.2 Å². The minimum Gasteiger partial charge on any atom is -0.484 e. The molecule has 0 aliphatic carbocycles. The van der Waals surface area contributed by atoms with Crippen LogP contribution in [-0.2, 0) is 16.1 Å². The fraction of sp³-hybridized carbons (Fsp3) is 0.455. The summed E-state index contributed by atoms with van der Waals surface area (Å²) in [6.45, 7) is 7.80. The van der Waals surface area contributed by atoms with Gasteiger partial charge in [-0.3, -0.25) is 14.5 Å². The summed E-state index contributed by atoms with van der Waals surface area (Å²) in [5.74, 6) is 0.352. The number of amides is 2. The van der Waals surface area contributed by atoms with E-state index in [4.69, 9.17) is 4.74 Å². The lowest BCUT2D eigenvalue weighted by atomic mass is 10.0. The van der Waals surface area contributed by atoms with Gasteiger partial charge in [0.1, 0.15) is 11.8 Å². The highest BCUT2D eigenvalue weighted by atomic mass is 32.1. The van der Waals surface area contributed by atoms with E-state index in [1.807, 2.05) is 36.9 Å². The number of carbonyl (C=O) groups excluding carboxylic acids is 2. The van der Waals surface area contributed by atoms with Crippen molar-refractivity contribution in [3.05, 3.63) is 52.7 Å². The van der Waals surface area contributed by atoms with E-state index in [2.05, 4.69) is 27.7 Å². The third kappa shape index (κ3) is 6.30. The Labute approximate surface area is 176 Å². The maximum atomic E-state index is 13.0. The second kappa shape index (κ2) is 10.4. The number of piperazine rings is 1. The van der Waals surface area contributed by atoms with Crippen molar-refractivity contribution in [2.24, 2.45) is 5.92 Å². The van der Waals surface area contributed by atoms with Crippen molar-refractivity contribution in [3.63, 3.8) is 0 Å². The molecule has 1 saturated heterocycles. The Bertz CT molecular complexity index is 772. The lowest BCUT2D eigenvalue weighted by Crippen LogP contribution is -2.56. The normalized spacial score (nSPS) is 15.9. The Morgan fingerprint density at radius 3 is 2.41 bits per heavy atom. The fourth-order valence-corrected chi connectivity index (χ4v) is 4.09. The molecule has 1 fully saturated rings. The van der Waals surface area contributed by atoms with Crippen LogP contribution in [0.25, 0.3) is 0 Å². The van der Waals surface area contributed by atoms with Crippen LogP contribution in [0.3, 0.4) is 0 Å². The number of hydrogen-bond donors (Lipinski definition) is 1. The van der Waals surface area contributed by atoms with Gasteiger partial charge in [0, 0.05) is 37.6 Å². The molecule has 7 heteroatoms. The summed E-state index contributed by atoms with van der Waals surface area (Å²) in [4.78, 5) is 30.9. The van der Waals surface area contributed by atoms with Crippen LogP contribution < -0.4 is 10.1 Å². The smallest absolute Gasteiger partial charge is 0.258 e. The average molecular weight is 416 g/mol. The van der Waals surface area contributed by atoms with E-state index in [0.717, 1.165) is 19.6 Å². The predicted octanol–water partition coefficient (Wildman–Crippen LogP) is 2.61. The van der Waals surface area contributed by atoms with Crippen molar-refractivity contribution in [2.75, 3.05) is 32.8 Å². The molecule has 1 aliphatic rings. The molecule has 1 N–H and O–H groups in total. The third-order valence-electron chi connectivity index (χ3n) is 5.01. The van der Waals surface area contributed by atoms with Crippen molar-refractivity contribution < 1.29 is 14.3 Å². The number of para-hydroxylation sites is 1. The van der Waals surface area contributed by atoms with Crippen molar-refractivity contribution in [3.8, 4) is 5.75 Å². The van der Waals surface area contributed by atoms with Crippen LogP contribution in [0.5, 0.6) is 5.75 Å². The Balaban J connectivity index is 1.48. The number of rotatable bonds is 8. The monoisotopic (exact) mass is 415 g/mol. The van der Waals surface area contributed by atoms with Gasteiger partial charge in [0.15, 0.2) is 6.61 Å². The highest BCUT2D eigenvalue weighted by Crippen LogP contribution is 2.15. The molecule has 0 bridgehead atoms. The second-order valence-corrected chi connectivity index (χ2v) is 8.60. The second-order valence-electron chi connectivity index (χ2n) is 7.57. The Hall–Kier alpha value is -2.38. The summed E-state index contributed by atoms with van der Waals surface area (Å²) in [7, 11) is 0. The van der Waals surface area contributed by atoms with Gasteiger partial charge in [0.25, 0.3) is 5.91 Å². The zero-order valence-corrected chi connectivity index (χ0v) is 17.9. The molecule has 1 aromatic carbocycles. The third-order valence-corrected chi connectivity index (χ3v) is 5.87. The van der Waals surface area contributed by atoms with Gasteiger partial charge in [0.05, 0.1) is 0 Å². The molecule has 3 rings (SSSR count). The van der Waals surface area contributed by atoms with E-state index < -0.39 is 6.04 Å². The first-order chi connectivity index (χ1) is 14.0. The minimum atomic E-state index is -0.536. The summed E-state index contributed by atoms with van der Waals surface area (Å²) in [5.41, 5.74) is 0. The quantitative estimate of drug-likeness (QED) is 0.720. The summed E-state index contributed by atoms with van der Waals surface area (Å²) in [6, 6.07) is 12.9. The molecule has 0 spiro atoms. The van der Waals surface area contributed by atoms with Crippen LogP contribution >= 0.6 is 11.3 Å². The summed E-state index contributed by atoms with van der Waals surface area (Å²) in [5, 5.41) is 4.95. The van der Waals surface area contributed by atoms with Gasteiger partial charge in [-0.25, -0.2) is 0 Å². The molecule has 2 aromatic rings. The van der Waals surface area contributed by atoms with Crippen molar-refractivity contribution in [2.45, 2.75) is 26.4 Å². The number of nitrogens with one attached hydrogen (secondary N) is 1. The van der Waals surface area contributed by atoms with Crippen LogP contribution in [0.4, 0.5) is 0 Å². The standard InChI is InChI=1S/C22H29N3O3S/c1-17(2)21(23-20(26)16-28-18-7-4-3-5-8-18)22(27)25-12-10-24(11-13-25)15-19-9-6-14-29-19/h3-9,14,17,21H,10-13,15-16H2,1-2H3,(H,23,26). The number of carbonyl (C=O) groups is 2. The number of nitrogens with zero attached hydrogens (tertiary/aromatic N) is 2. The first-order valence-electron chi connectivity index (χ1n) is 10.0. The molecule has 29 heavy (non-hydrogen) atoms. The number of thiophene rings is 1. The molecule has 1 atom stereocenters. The van der Waals surface area contributed by atoms with E-state index in [1.165, 1.54) is 4.88 Å². The summed E-state index contributed by atoms with van der Waals surface area (Å²) in [6.07, 6.45) is 0. The zero-order valence-electron chi connectivity index (χ0n) is 17.0. The molecule has 0 saturated carbocycles. The number of benzene rings is 1. The lowest BCUT2D eigenvalue weighted by Gasteiger charge is -2.37. The van der Waals surface area contributed by atoms with Crippen LogP contribution in [0.15, 0.2) is 47.8 Å². The van der Waals surface area contributed by atoms with E-state index in [-0.39, 0.29) is 24.3 Å². The minimum absolute atomic E-state index is 0.00678. The van der Waals surface area contributed by atoms with Crippen molar-refractivity contribution in [1.82, 2.24) is 15.1 Å². The van der Waals surface area contributed by atoms with E-state index >= 15 is 0 Å².